The molecule has 0 N–H and O–H groups in total. The molecule has 0 aromatic carbocycles. The van der Waals surface area contributed by atoms with Gasteiger partial charge in [-0.3, -0.25) is 14.7 Å². The van der Waals surface area contributed by atoms with Gasteiger partial charge in [-0.1, -0.05) is 12.1 Å². The van der Waals surface area contributed by atoms with Crippen LogP contribution in [-0.4, -0.2) is 62.8 Å². The highest BCUT2D eigenvalue weighted by Gasteiger charge is 2.26. The van der Waals surface area contributed by atoms with Crippen LogP contribution in [0.4, 0.5) is 4.39 Å². The maximum Gasteiger partial charge on any atom is 0.170 e. The van der Waals surface area contributed by atoms with Gasteiger partial charge in [-0.2, -0.15) is 5.10 Å². The number of rotatable bonds is 7. The minimum Gasteiger partial charge on any atom is -0.379 e. The fourth-order valence-corrected chi connectivity index (χ4v) is 5.50. The topological polar surface area (TPSA) is 73.1 Å². The number of Topliss-reactive ketones (excluding diaryl/α,β-unsaturated/α-hetero) is 1. The van der Waals surface area contributed by atoms with Crippen LogP contribution in [0.15, 0.2) is 42.9 Å². The van der Waals surface area contributed by atoms with Gasteiger partial charge in [0, 0.05) is 37.9 Å². The molecule has 3 aromatic rings. The standard InChI is InChI=1S/C29H32FN5O2/c1-19-25(18-33-35(19)28-9-6-23(17-31-28)21-2-3-21)27(36)15-20-14-26(30)29(32-16-20)22-4-7-24(8-5-22)34-10-12-37-13-11-34/h4,6,9,14,16-18,21,24H,2-3,5,7-8,10-13,15H2,1H3. The summed E-state index contributed by atoms with van der Waals surface area (Å²) in [5.41, 5.74) is 4.42. The van der Waals surface area contributed by atoms with E-state index < -0.39 is 0 Å². The van der Waals surface area contributed by atoms with Crippen LogP contribution in [0, 0.1) is 12.7 Å². The quantitative estimate of drug-likeness (QED) is 0.438. The van der Waals surface area contributed by atoms with Crippen molar-refractivity contribution in [3.63, 3.8) is 0 Å². The molecule has 1 unspecified atom stereocenters. The third-order valence-electron chi connectivity index (χ3n) is 7.86. The summed E-state index contributed by atoms with van der Waals surface area (Å²) < 4.78 is 22.2. The summed E-state index contributed by atoms with van der Waals surface area (Å²) in [5, 5.41) is 4.40. The first-order chi connectivity index (χ1) is 18.1. The lowest BCUT2D eigenvalue weighted by atomic mass is 9.91. The number of pyridine rings is 2. The Morgan fingerprint density at radius 1 is 1.11 bits per heavy atom. The molecule has 0 amide bonds. The average molecular weight is 502 g/mol. The van der Waals surface area contributed by atoms with Crippen LogP contribution in [0.5, 0.6) is 0 Å². The van der Waals surface area contributed by atoms with Crippen LogP contribution >= 0.6 is 0 Å². The van der Waals surface area contributed by atoms with Crippen LogP contribution in [-0.2, 0) is 11.2 Å². The Bertz CT molecular complexity index is 1320. The van der Waals surface area contributed by atoms with Gasteiger partial charge in [0.1, 0.15) is 11.5 Å². The second-order valence-corrected chi connectivity index (χ2v) is 10.4. The van der Waals surface area contributed by atoms with Crippen molar-refractivity contribution in [1.29, 1.82) is 0 Å². The van der Waals surface area contributed by atoms with E-state index in [9.17, 15) is 4.79 Å². The average Bonchev–Trinajstić information content (AvgIpc) is 3.71. The van der Waals surface area contributed by atoms with Gasteiger partial charge in [-0.25, -0.2) is 14.1 Å². The van der Waals surface area contributed by atoms with E-state index in [4.69, 9.17) is 4.74 Å². The zero-order chi connectivity index (χ0) is 25.4. The second kappa shape index (κ2) is 10.3. The first-order valence-electron chi connectivity index (χ1n) is 13.3. The Morgan fingerprint density at radius 2 is 1.95 bits per heavy atom. The number of hydrogen-bond acceptors (Lipinski definition) is 6. The second-order valence-electron chi connectivity index (χ2n) is 10.4. The molecule has 1 saturated heterocycles. The van der Waals surface area contributed by atoms with E-state index in [-0.39, 0.29) is 18.0 Å². The minimum atomic E-state index is -0.367. The van der Waals surface area contributed by atoms with Gasteiger partial charge in [0.25, 0.3) is 0 Å². The zero-order valence-corrected chi connectivity index (χ0v) is 21.2. The summed E-state index contributed by atoms with van der Waals surface area (Å²) in [5.74, 6) is 0.847. The van der Waals surface area contributed by atoms with E-state index >= 15 is 4.39 Å². The molecule has 0 spiro atoms. The third kappa shape index (κ3) is 5.13. The fraction of sp³-hybridized carbons (Fsp3) is 0.448. The molecule has 4 heterocycles. The van der Waals surface area contributed by atoms with Crippen molar-refractivity contribution in [3.8, 4) is 5.82 Å². The van der Waals surface area contributed by atoms with Crippen molar-refractivity contribution < 1.29 is 13.9 Å². The van der Waals surface area contributed by atoms with Gasteiger partial charge < -0.3 is 4.74 Å². The predicted molar refractivity (Wildman–Crippen MR) is 138 cm³/mol. The minimum absolute atomic E-state index is 0.0724. The molecule has 1 saturated carbocycles. The van der Waals surface area contributed by atoms with Crippen LogP contribution in [0.25, 0.3) is 11.4 Å². The molecule has 3 aliphatic rings. The smallest absolute Gasteiger partial charge is 0.170 e. The van der Waals surface area contributed by atoms with Crippen LogP contribution < -0.4 is 0 Å². The summed E-state index contributed by atoms with van der Waals surface area (Å²) in [6, 6.07) is 5.97. The van der Waals surface area contributed by atoms with Crippen molar-refractivity contribution in [3.05, 3.63) is 76.8 Å². The molecule has 6 rings (SSSR count). The summed E-state index contributed by atoms with van der Waals surface area (Å²) in [6.45, 7) is 5.36. The molecule has 2 fully saturated rings. The highest BCUT2D eigenvalue weighted by atomic mass is 19.1. The molecule has 192 valence electrons. The number of nitrogens with zero attached hydrogens (tertiary/aromatic N) is 5. The Kier molecular flexibility index (Phi) is 6.69. The molecule has 0 radical (unpaired) electrons. The first-order valence-corrected chi connectivity index (χ1v) is 13.3. The lowest BCUT2D eigenvalue weighted by Gasteiger charge is -2.36. The monoisotopic (exact) mass is 501 g/mol. The number of morpholine rings is 1. The highest BCUT2D eigenvalue weighted by Crippen LogP contribution is 2.39. The van der Waals surface area contributed by atoms with Gasteiger partial charge in [-0.05, 0) is 73.8 Å². The van der Waals surface area contributed by atoms with Gasteiger partial charge in [0.15, 0.2) is 11.6 Å². The van der Waals surface area contributed by atoms with Crippen molar-refractivity contribution in [2.24, 2.45) is 0 Å². The fourth-order valence-electron chi connectivity index (χ4n) is 5.50. The molecule has 0 bridgehead atoms. The van der Waals surface area contributed by atoms with E-state index in [2.05, 4.69) is 32.1 Å². The summed E-state index contributed by atoms with van der Waals surface area (Å²) in [7, 11) is 0. The molecule has 1 aliphatic heterocycles. The normalized spacial score (nSPS) is 20.6. The Morgan fingerprint density at radius 3 is 2.62 bits per heavy atom. The highest BCUT2D eigenvalue weighted by molar-refractivity contribution is 5.98. The van der Waals surface area contributed by atoms with Crippen LogP contribution in [0.2, 0.25) is 0 Å². The van der Waals surface area contributed by atoms with Gasteiger partial charge in [-0.15, -0.1) is 0 Å². The Hall–Kier alpha value is -3.23. The number of ether oxygens (including phenoxy) is 1. The number of carbonyl (C=O) groups excluding carboxylic acids is 1. The number of aromatic nitrogens is 4. The van der Waals surface area contributed by atoms with Gasteiger partial charge in [0.2, 0.25) is 0 Å². The third-order valence-corrected chi connectivity index (χ3v) is 7.86. The molecule has 37 heavy (non-hydrogen) atoms. The van der Waals surface area contributed by atoms with E-state index in [1.807, 2.05) is 19.2 Å². The number of ketones is 1. The van der Waals surface area contributed by atoms with Gasteiger partial charge in [0.05, 0.1) is 30.7 Å². The van der Waals surface area contributed by atoms with Crippen molar-refractivity contribution in [2.75, 3.05) is 26.3 Å². The summed E-state index contributed by atoms with van der Waals surface area (Å²) >= 11 is 0. The first kappa shape index (κ1) is 24.1. The molecular formula is C29H32FN5O2. The lowest BCUT2D eigenvalue weighted by Crippen LogP contribution is -2.44. The Labute approximate surface area is 216 Å². The summed E-state index contributed by atoms with van der Waals surface area (Å²) in [6.07, 6.45) is 12.5. The number of allylic oxidation sites excluding steroid dienone is 1. The number of halogens is 1. The zero-order valence-electron chi connectivity index (χ0n) is 21.2. The largest absolute Gasteiger partial charge is 0.379 e. The predicted octanol–water partition coefficient (Wildman–Crippen LogP) is 4.68. The lowest BCUT2D eigenvalue weighted by molar-refractivity contribution is 0.0150. The Balaban J connectivity index is 1.12. The van der Waals surface area contributed by atoms with Crippen LogP contribution in [0.1, 0.15) is 70.9 Å². The molecule has 2 aliphatic carbocycles. The van der Waals surface area contributed by atoms with Crippen molar-refractivity contribution in [2.45, 2.75) is 57.4 Å². The molecule has 8 heteroatoms. The van der Waals surface area contributed by atoms with Crippen molar-refractivity contribution >= 4 is 11.4 Å². The van der Waals surface area contributed by atoms with E-state index in [1.165, 1.54) is 24.5 Å². The van der Waals surface area contributed by atoms with Gasteiger partial charge >= 0.3 is 0 Å². The SMILES string of the molecule is Cc1c(C(=O)Cc2cnc(C3=CCC(N4CCOCC4)CC3)c(F)c2)cnn1-c1ccc(C2CC2)cn1. The molecule has 1 atom stereocenters. The molecule has 3 aromatic heterocycles. The molecule has 7 nitrogen and oxygen atoms in total. The number of hydrogen-bond donors (Lipinski definition) is 0. The number of carbonyl (C=O) groups is 1. The molecular weight excluding hydrogens is 469 g/mol. The summed E-state index contributed by atoms with van der Waals surface area (Å²) in [4.78, 5) is 24.5. The van der Waals surface area contributed by atoms with E-state index in [0.29, 0.717) is 34.6 Å². The van der Waals surface area contributed by atoms with Crippen molar-refractivity contribution in [1.82, 2.24) is 24.6 Å². The maximum atomic E-state index is 15.1. The maximum absolute atomic E-state index is 15.1. The van der Waals surface area contributed by atoms with Crippen LogP contribution in [0.3, 0.4) is 0 Å². The van der Waals surface area contributed by atoms with E-state index in [1.54, 1.807) is 17.1 Å². The van der Waals surface area contributed by atoms with E-state index in [0.717, 1.165) is 56.8 Å².